The third-order valence-electron chi connectivity index (χ3n) is 5.23. The molecular weight excluding hydrogens is 444 g/mol. The number of sulfonamides is 1. The minimum absolute atomic E-state index is 0.122. The molecule has 1 N–H and O–H groups in total. The van der Waals surface area contributed by atoms with E-state index in [9.17, 15) is 23.3 Å². The molecule has 0 saturated heterocycles. The number of carbonyl (C=O) groups excluding carboxylic acids is 1. The number of hydrogen-bond donors (Lipinski definition) is 1. The van der Waals surface area contributed by atoms with Crippen LogP contribution in [0.25, 0.3) is 11.1 Å². The Kier molecular flexibility index (Phi) is 8.13. The molecule has 0 fully saturated rings. The molecule has 9 heteroatoms. The number of furan rings is 1. The summed E-state index contributed by atoms with van der Waals surface area (Å²) < 4.78 is 34.4. The number of carbonyl (C=O) groups is 1. The van der Waals surface area contributed by atoms with Gasteiger partial charge in [0.1, 0.15) is 11.5 Å². The van der Waals surface area contributed by atoms with Gasteiger partial charge in [-0.05, 0) is 37.5 Å². The molecule has 1 aromatic heterocycles. The van der Waals surface area contributed by atoms with E-state index in [-0.39, 0.29) is 16.4 Å². The Hall–Kier alpha value is -3.30. The molecule has 3 rings (SSSR count). The lowest BCUT2D eigenvalue weighted by Gasteiger charge is -2.17. The van der Waals surface area contributed by atoms with Crippen molar-refractivity contribution in [3.63, 3.8) is 0 Å². The summed E-state index contributed by atoms with van der Waals surface area (Å²) >= 11 is 0. The third kappa shape index (κ3) is 6.84. The van der Waals surface area contributed by atoms with E-state index >= 15 is 0 Å². The number of rotatable bonds is 12. The van der Waals surface area contributed by atoms with Gasteiger partial charge in [0.25, 0.3) is 5.69 Å². The van der Waals surface area contributed by atoms with Gasteiger partial charge < -0.3 is 9.21 Å². The van der Waals surface area contributed by atoms with E-state index in [1.54, 1.807) is 19.3 Å². The molecule has 174 valence electrons. The average molecular weight is 471 g/mol. The largest absolute Gasteiger partial charge is 0.467 e. The van der Waals surface area contributed by atoms with Crippen molar-refractivity contribution in [3.8, 4) is 11.1 Å². The fourth-order valence-electron chi connectivity index (χ4n) is 3.50. The molecule has 0 saturated carbocycles. The predicted molar refractivity (Wildman–Crippen MR) is 124 cm³/mol. The topological polar surface area (TPSA) is 120 Å². The lowest BCUT2D eigenvalue weighted by molar-refractivity contribution is -0.385. The number of nitro benzene ring substituents is 1. The fourth-order valence-corrected chi connectivity index (χ4v) is 4.77. The summed E-state index contributed by atoms with van der Waals surface area (Å²) in [5.41, 5.74) is 1.46. The van der Waals surface area contributed by atoms with Crippen molar-refractivity contribution in [2.75, 3.05) is 0 Å². The summed E-state index contributed by atoms with van der Waals surface area (Å²) in [4.78, 5) is 21.4. The van der Waals surface area contributed by atoms with E-state index in [0.717, 1.165) is 30.0 Å². The van der Waals surface area contributed by atoms with E-state index in [1.165, 1.54) is 18.2 Å². The first-order valence-corrected chi connectivity index (χ1v) is 12.1. The van der Waals surface area contributed by atoms with Crippen molar-refractivity contribution >= 4 is 21.5 Å². The normalized spacial score (nSPS) is 12.4. The lowest BCUT2D eigenvalue weighted by Crippen LogP contribution is -2.28. The number of nitrogens with zero attached hydrogens (tertiary/aromatic N) is 1. The molecule has 8 nitrogen and oxygen atoms in total. The van der Waals surface area contributed by atoms with Gasteiger partial charge in [0, 0.05) is 24.1 Å². The highest BCUT2D eigenvalue weighted by atomic mass is 32.2. The standard InChI is InChI=1S/C24H26N2O6S/c1-18(27)9-4-2-7-14-23(24-15-20(17-32-24)19-10-5-3-6-11-19)25-33(30,31)22-13-8-12-21(16-22)26(28)29/h3,5-6,8,10-13,15-17,23,25H,2,4,7,9,14H2,1H3. The van der Waals surface area contributed by atoms with Crippen molar-refractivity contribution in [2.24, 2.45) is 0 Å². The maximum absolute atomic E-state index is 13.0. The van der Waals surface area contributed by atoms with E-state index in [1.807, 2.05) is 30.3 Å². The van der Waals surface area contributed by atoms with Crippen LogP contribution in [0.4, 0.5) is 5.69 Å². The van der Waals surface area contributed by atoms with E-state index in [2.05, 4.69) is 4.72 Å². The van der Waals surface area contributed by atoms with Gasteiger partial charge in [-0.3, -0.25) is 10.1 Å². The highest BCUT2D eigenvalue weighted by molar-refractivity contribution is 7.89. The van der Waals surface area contributed by atoms with Crippen molar-refractivity contribution in [2.45, 2.75) is 50.0 Å². The second-order valence-corrected chi connectivity index (χ2v) is 9.55. The lowest BCUT2D eigenvalue weighted by atomic mass is 10.0. The van der Waals surface area contributed by atoms with Crippen molar-refractivity contribution in [3.05, 3.63) is 82.8 Å². The van der Waals surface area contributed by atoms with Gasteiger partial charge >= 0.3 is 0 Å². The summed E-state index contributed by atoms with van der Waals surface area (Å²) in [6, 6.07) is 15.6. The number of ketones is 1. The number of Topliss-reactive ketones (excluding diaryl/α,β-unsaturated/α-hetero) is 1. The average Bonchev–Trinajstić information content (AvgIpc) is 3.29. The van der Waals surface area contributed by atoms with Crippen LogP contribution in [-0.4, -0.2) is 19.1 Å². The minimum Gasteiger partial charge on any atom is -0.467 e. The van der Waals surface area contributed by atoms with E-state index in [0.29, 0.717) is 25.0 Å². The van der Waals surface area contributed by atoms with Crippen molar-refractivity contribution in [1.29, 1.82) is 0 Å². The van der Waals surface area contributed by atoms with Crippen molar-refractivity contribution in [1.82, 2.24) is 4.72 Å². The van der Waals surface area contributed by atoms with Crippen LogP contribution in [0.15, 0.2) is 76.2 Å². The van der Waals surface area contributed by atoms with Gasteiger partial charge in [0.2, 0.25) is 10.0 Å². The molecule has 1 unspecified atom stereocenters. The molecule has 0 aliphatic rings. The molecular formula is C24H26N2O6S. The van der Waals surface area contributed by atoms with Crippen LogP contribution >= 0.6 is 0 Å². The smallest absolute Gasteiger partial charge is 0.270 e. The van der Waals surface area contributed by atoms with Crippen LogP contribution in [0.2, 0.25) is 0 Å². The Morgan fingerprint density at radius 3 is 2.48 bits per heavy atom. The molecule has 0 bridgehead atoms. The van der Waals surface area contributed by atoms with Gasteiger partial charge in [0.15, 0.2) is 0 Å². The third-order valence-corrected chi connectivity index (χ3v) is 6.70. The fraction of sp³-hybridized carbons (Fsp3) is 0.292. The Labute approximate surface area is 192 Å². The predicted octanol–water partition coefficient (Wildman–Crippen LogP) is 5.41. The number of benzene rings is 2. The molecule has 1 atom stereocenters. The summed E-state index contributed by atoms with van der Waals surface area (Å²) in [6.45, 7) is 1.55. The number of nitrogens with one attached hydrogen (secondary N) is 1. The maximum atomic E-state index is 13.0. The minimum atomic E-state index is -4.04. The van der Waals surface area contributed by atoms with E-state index < -0.39 is 21.0 Å². The molecule has 33 heavy (non-hydrogen) atoms. The van der Waals surface area contributed by atoms with Crippen LogP contribution in [0, 0.1) is 10.1 Å². The number of unbranched alkanes of at least 4 members (excludes halogenated alkanes) is 2. The molecule has 0 amide bonds. The highest BCUT2D eigenvalue weighted by Crippen LogP contribution is 2.29. The number of hydrogen-bond acceptors (Lipinski definition) is 6. The zero-order valence-corrected chi connectivity index (χ0v) is 19.1. The number of nitro groups is 1. The van der Waals surface area contributed by atoms with Crippen LogP contribution < -0.4 is 4.72 Å². The molecule has 3 aromatic rings. The van der Waals surface area contributed by atoms with Gasteiger partial charge in [0.05, 0.1) is 22.1 Å². The first kappa shape index (κ1) is 24.3. The highest BCUT2D eigenvalue weighted by Gasteiger charge is 2.25. The zero-order valence-electron chi connectivity index (χ0n) is 18.3. The molecule has 2 aromatic carbocycles. The van der Waals surface area contributed by atoms with Gasteiger partial charge in [-0.25, -0.2) is 13.1 Å². The Morgan fingerprint density at radius 2 is 1.79 bits per heavy atom. The Balaban J connectivity index is 1.82. The Bertz CT molecular complexity index is 1200. The second kappa shape index (κ2) is 11.0. The van der Waals surface area contributed by atoms with Crippen LogP contribution in [0.5, 0.6) is 0 Å². The van der Waals surface area contributed by atoms with Gasteiger partial charge in [-0.15, -0.1) is 0 Å². The molecule has 0 radical (unpaired) electrons. The monoisotopic (exact) mass is 470 g/mol. The molecule has 0 spiro atoms. The Morgan fingerprint density at radius 1 is 1.03 bits per heavy atom. The first-order valence-electron chi connectivity index (χ1n) is 10.7. The molecule has 0 aliphatic carbocycles. The van der Waals surface area contributed by atoms with Crippen LogP contribution in [-0.2, 0) is 14.8 Å². The second-order valence-electron chi connectivity index (χ2n) is 7.83. The van der Waals surface area contributed by atoms with Crippen molar-refractivity contribution < 1.29 is 22.6 Å². The molecule has 1 heterocycles. The SMILES string of the molecule is CC(=O)CCCCCC(NS(=O)(=O)c1cccc([N+](=O)[O-])c1)c1cc(-c2ccccc2)co1. The summed E-state index contributed by atoms with van der Waals surface area (Å²) in [6.07, 6.45) is 4.69. The van der Waals surface area contributed by atoms with Gasteiger partial charge in [-0.1, -0.05) is 49.2 Å². The van der Waals surface area contributed by atoms with Crippen LogP contribution in [0.1, 0.15) is 50.8 Å². The number of non-ortho nitro benzene ring substituents is 1. The maximum Gasteiger partial charge on any atom is 0.270 e. The van der Waals surface area contributed by atoms with E-state index in [4.69, 9.17) is 4.42 Å². The summed E-state index contributed by atoms with van der Waals surface area (Å²) in [7, 11) is -4.04. The summed E-state index contributed by atoms with van der Waals surface area (Å²) in [5.74, 6) is 0.575. The van der Waals surface area contributed by atoms with Crippen LogP contribution in [0.3, 0.4) is 0 Å². The summed E-state index contributed by atoms with van der Waals surface area (Å²) in [5, 5.41) is 11.1. The first-order chi connectivity index (χ1) is 15.8. The quantitative estimate of drug-likeness (QED) is 0.215. The zero-order chi connectivity index (χ0) is 23.8. The van der Waals surface area contributed by atoms with Gasteiger partial charge in [-0.2, -0.15) is 0 Å². The molecule has 0 aliphatic heterocycles.